The molecule has 4 aliphatic rings. The lowest BCUT2D eigenvalue weighted by Gasteiger charge is -2.53. The van der Waals surface area contributed by atoms with Crippen LogP contribution in [-0.2, 0) is 9.59 Å². The van der Waals surface area contributed by atoms with Crippen LogP contribution in [-0.4, -0.2) is 72.7 Å². The number of nitrogens with one attached hydrogen (secondary N) is 1. The first-order chi connectivity index (χ1) is 13.9. The number of amides is 4. The van der Waals surface area contributed by atoms with Gasteiger partial charge in [0.05, 0.1) is 11.1 Å². The SMILES string of the molecule is CN1CC2(CCN(c3ccc4c(c3)C(=O)N(C3CCC(=O)NC3=O)C4=O)CC2)C1. The molecular formula is C21H24N4O4. The molecule has 5 rings (SSSR count). The summed E-state index contributed by atoms with van der Waals surface area (Å²) in [7, 11) is 2.15. The van der Waals surface area contributed by atoms with Gasteiger partial charge in [-0.1, -0.05) is 0 Å². The topological polar surface area (TPSA) is 90.0 Å². The fraction of sp³-hybridized carbons (Fsp3) is 0.524. The minimum absolute atomic E-state index is 0.125. The molecule has 152 valence electrons. The van der Waals surface area contributed by atoms with Gasteiger partial charge in [-0.3, -0.25) is 29.4 Å². The number of likely N-dealkylation sites (tertiary alicyclic amines) is 1. The van der Waals surface area contributed by atoms with E-state index in [1.807, 2.05) is 6.07 Å². The van der Waals surface area contributed by atoms with Crippen molar-refractivity contribution in [1.29, 1.82) is 0 Å². The predicted octanol–water partition coefficient (Wildman–Crippen LogP) is 0.620. The first-order valence-electron chi connectivity index (χ1n) is 10.2. The number of hydrogen-bond acceptors (Lipinski definition) is 6. The van der Waals surface area contributed by atoms with Crippen LogP contribution in [0.4, 0.5) is 5.69 Å². The highest BCUT2D eigenvalue weighted by atomic mass is 16.2. The van der Waals surface area contributed by atoms with Crippen LogP contribution >= 0.6 is 0 Å². The second-order valence-corrected chi connectivity index (χ2v) is 8.84. The van der Waals surface area contributed by atoms with Gasteiger partial charge < -0.3 is 9.80 Å². The summed E-state index contributed by atoms with van der Waals surface area (Å²) in [5.74, 6) is -1.86. The molecule has 0 aromatic heterocycles. The monoisotopic (exact) mass is 396 g/mol. The number of hydrogen-bond donors (Lipinski definition) is 1. The molecule has 3 saturated heterocycles. The highest BCUT2D eigenvalue weighted by Crippen LogP contribution is 2.41. The minimum Gasteiger partial charge on any atom is -0.371 e. The highest BCUT2D eigenvalue weighted by molar-refractivity contribution is 6.23. The Hall–Kier alpha value is -2.74. The van der Waals surface area contributed by atoms with Gasteiger partial charge in [-0.15, -0.1) is 0 Å². The summed E-state index contributed by atoms with van der Waals surface area (Å²) < 4.78 is 0. The van der Waals surface area contributed by atoms with Gasteiger partial charge in [0.25, 0.3) is 11.8 Å². The first kappa shape index (κ1) is 18.3. The van der Waals surface area contributed by atoms with Crippen molar-refractivity contribution < 1.29 is 19.2 Å². The normalized spacial score (nSPS) is 26.6. The molecule has 29 heavy (non-hydrogen) atoms. The van der Waals surface area contributed by atoms with Gasteiger partial charge in [0.2, 0.25) is 11.8 Å². The molecule has 1 unspecified atom stereocenters. The largest absolute Gasteiger partial charge is 0.371 e. The lowest BCUT2D eigenvalue weighted by Crippen LogP contribution is -2.58. The molecule has 4 amide bonds. The predicted molar refractivity (Wildman–Crippen MR) is 104 cm³/mol. The number of fused-ring (bicyclic) bond motifs is 1. The van der Waals surface area contributed by atoms with Crippen LogP contribution in [0.3, 0.4) is 0 Å². The quantitative estimate of drug-likeness (QED) is 0.737. The molecular weight excluding hydrogens is 372 g/mol. The number of imide groups is 2. The van der Waals surface area contributed by atoms with Crippen molar-refractivity contribution in [1.82, 2.24) is 15.1 Å². The number of piperidine rings is 2. The summed E-state index contributed by atoms with van der Waals surface area (Å²) in [6.45, 7) is 4.18. The van der Waals surface area contributed by atoms with Crippen molar-refractivity contribution in [3.05, 3.63) is 29.3 Å². The molecule has 1 N–H and O–H groups in total. The van der Waals surface area contributed by atoms with E-state index in [1.165, 1.54) is 0 Å². The van der Waals surface area contributed by atoms with E-state index in [4.69, 9.17) is 0 Å². The van der Waals surface area contributed by atoms with Crippen LogP contribution < -0.4 is 10.2 Å². The molecule has 0 saturated carbocycles. The Morgan fingerprint density at radius 2 is 1.69 bits per heavy atom. The smallest absolute Gasteiger partial charge is 0.262 e. The second-order valence-electron chi connectivity index (χ2n) is 8.84. The summed E-state index contributed by atoms with van der Waals surface area (Å²) in [4.78, 5) is 55.0. The van der Waals surface area contributed by atoms with E-state index in [2.05, 4.69) is 22.2 Å². The Balaban J connectivity index is 1.35. The maximum absolute atomic E-state index is 13.0. The molecule has 1 atom stereocenters. The van der Waals surface area contributed by atoms with Gasteiger partial charge in [-0.05, 0) is 49.9 Å². The zero-order chi connectivity index (χ0) is 20.3. The van der Waals surface area contributed by atoms with Gasteiger partial charge in [-0.25, -0.2) is 0 Å². The Morgan fingerprint density at radius 1 is 1.00 bits per heavy atom. The Morgan fingerprint density at radius 3 is 2.34 bits per heavy atom. The Bertz CT molecular complexity index is 927. The zero-order valence-corrected chi connectivity index (χ0v) is 16.4. The molecule has 3 fully saturated rings. The lowest BCUT2D eigenvalue weighted by atomic mass is 9.72. The standard InChI is InChI=1S/C21H24N4O4/c1-23-11-21(12-23)6-8-24(9-7-21)13-2-3-14-15(10-13)20(29)25(19(14)28)16-4-5-17(26)22-18(16)27/h2-3,10,16H,4-9,11-12H2,1H3,(H,22,26,27). The lowest BCUT2D eigenvalue weighted by molar-refractivity contribution is -0.136. The number of benzene rings is 1. The summed E-state index contributed by atoms with van der Waals surface area (Å²) in [6, 6.07) is 4.45. The van der Waals surface area contributed by atoms with Crippen molar-refractivity contribution in [2.24, 2.45) is 5.41 Å². The third-order valence-corrected chi connectivity index (χ3v) is 6.82. The summed E-state index contributed by atoms with van der Waals surface area (Å²) in [5, 5.41) is 2.22. The molecule has 8 heteroatoms. The van der Waals surface area contributed by atoms with Gasteiger partial charge in [0.1, 0.15) is 6.04 Å². The molecule has 1 spiro atoms. The summed E-state index contributed by atoms with van der Waals surface area (Å²) in [5.41, 5.74) is 2.06. The molecule has 4 aliphatic heterocycles. The second kappa shape index (κ2) is 6.38. The number of carbonyl (C=O) groups is 4. The van der Waals surface area contributed by atoms with E-state index in [0.717, 1.165) is 49.6 Å². The molecule has 1 aromatic rings. The van der Waals surface area contributed by atoms with Crippen LogP contribution in [0.5, 0.6) is 0 Å². The van der Waals surface area contributed by atoms with E-state index in [9.17, 15) is 19.2 Å². The van der Waals surface area contributed by atoms with E-state index in [-0.39, 0.29) is 18.7 Å². The maximum Gasteiger partial charge on any atom is 0.262 e. The average Bonchev–Trinajstić information content (AvgIpc) is 2.92. The van der Waals surface area contributed by atoms with Crippen molar-refractivity contribution in [2.45, 2.75) is 31.7 Å². The average molecular weight is 396 g/mol. The van der Waals surface area contributed by atoms with Gasteiger partial charge in [0, 0.05) is 38.3 Å². The van der Waals surface area contributed by atoms with Crippen molar-refractivity contribution in [2.75, 3.05) is 38.1 Å². The van der Waals surface area contributed by atoms with E-state index >= 15 is 0 Å². The molecule has 0 aliphatic carbocycles. The third kappa shape index (κ3) is 2.85. The fourth-order valence-corrected chi connectivity index (χ4v) is 5.31. The third-order valence-electron chi connectivity index (χ3n) is 6.82. The van der Waals surface area contributed by atoms with E-state index in [0.29, 0.717) is 16.5 Å². The van der Waals surface area contributed by atoms with E-state index < -0.39 is 23.8 Å². The minimum atomic E-state index is -0.922. The van der Waals surface area contributed by atoms with E-state index in [1.54, 1.807) is 12.1 Å². The Labute approximate surface area is 168 Å². The first-order valence-corrected chi connectivity index (χ1v) is 10.2. The van der Waals surface area contributed by atoms with Crippen LogP contribution in [0.25, 0.3) is 0 Å². The van der Waals surface area contributed by atoms with Crippen LogP contribution in [0.1, 0.15) is 46.4 Å². The molecule has 0 radical (unpaired) electrons. The Kier molecular flexibility index (Phi) is 4.03. The fourth-order valence-electron chi connectivity index (χ4n) is 5.31. The van der Waals surface area contributed by atoms with Gasteiger partial charge >= 0.3 is 0 Å². The van der Waals surface area contributed by atoms with Crippen LogP contribution in [0.15, 0.2) is 18.2 Å². The molecule has 8 nitrogen and oxygen atoms in total. The van der Waals surface area contributed by atoms with Crippen LogP contribution in [0, 0.1) is 5.41 Å². The summed E-state index contributed by atoms with van der Waals surface area (Å²) in [6.07, 6.45) is 2.55. The molecule has 4 heterocycles. The van der Waals surface area contributed by atoms with Crippen molar-refractivity contribution >= 4 is 29.3 Å². The highest BCUT2D eigenvalue weighted by Gasteiger charge is 2.46. The van der Waals surface area contributed by atoms with Crippen LogP contribution in [0.2, 0.25) is 0 Å². The molecule has 0 bridgehead atoms. The van der Waals surface area contributed by atoms with Crippen molar-refractivity contribution in [3.8, 4) is 0 Å². The number of rotatable bonds is 2. The maximum atomic E-state index is 13.0. The molecule has 1 aromatic carbocycles. The number of carbonyl (C=O) groups excluding carboxylic acids is 4. The number of nitrogens with zero attached hydrogens (tertiary/aromatic N) is 3. The van der Waals surface area contributed by atoms with Gasteiger partial charge in [-0.2, -0.15) is 0 Å². The zero-order valence-electron chi connectivity index (χ0n) is 16.4. The van der Waals surface area contributed by atoms with Crippen molar-refractivity contribution in [3.63, 3.8) is 0 Å². The van der Waals surface area contributed by atoms with Gasteiger partial charge in [0.15, 0.2) is 0 Å². The number of anilines is 1. The summed E-state index contributed by atoms with van der Waals surface area (Å²) >= 11 is 0.